The number of carbonyl (C=O) groups is 2. The molecular weight excluding hydrogens is 344 g/mol. The monoisotopic (exact) mass is 362 g/mol. The molecule has 2 amide bonds. The predicted octanol–water partition coefficient (Wildman–Crippen LogP) is 2.65. The molecule has 0 unspecified atom stereocenters. The Hall–Kier alpha value is -2.73. The molecule has 0 aliphatic rings. The van der Waals surface area contributed by atoms with Gasteiger partial charge in [0.05, 0.1) is 19.2 Å². The molecule has 0 fully saturated rings. The molecule has 2 rings (SSSR count). The van der Waals surface area contributed by atoms with Gasteiger partial charge in [-0.3, -0.25) is 9.59 Å². The Balaban J connectivity index is 1.86. The van der Waals surface area contributed by atoms with Gasteiger partial charge >= 0.3 is 11.8 Å². The van der Waals surface area contributed by atoms with Gasteiger partial charge in [0.1, 0.15) is 11.5 Å². The van der Waals surface area contributed by atoms with Crippen LogP contribution in [0.25, 0.3) is 0 Å². The van der Waals surface area contributed by atoms with Crippen molar-refractivity contribution < 1.29 is 19.1 Å². The molecule has 7 heteroatoms. The number of anilines is 1. The molecule has 0 aliphatic carbocycles. The van der Waals surface area contributed by atoms with Gasteiger partial charge in [-0.05, 0) is 36.2 Å². The number of hydrogen-bond donors (Lipinski definition) is 2. The van der Waals surface area contributed by atoms with E-state index < -0.39 is 11.8 Å². The van der Waals surface area contributed by atoms with E-state index in [1.165, 1.54) is 13.2 Å². The summed E-state index contributed by atoms with van der Waals surface area (Å²) in [6.45, 7) is 0.315. The molecular formula is C18H19ClN2O4. The highest BCUT2D eigenvalue weighted by Gasteiger charge is 2.14. The summed E-state index contributed by atoms with van der Waals surface area (Å²) in [7, 11) is 3.08. The number of rotatable bonds is 6. The second kappa shape index (κ2) is 8.94. The fourth-order valence-corrected chi connectivity index (χ4v) is 2.49. The molecule has 2 aromatic rings. The van der Waals surface area contributed by atoms with Crippen molar-refractivity contribution >= 4 is 29.1 Å². The van der Waals surface area contributed by atoms with Gasteiger partial charge in [-0.15, -0.1) is 0 Å². The molecule has 0 saturated carbocycles. The van der Waals surface area contributed by atoms with E-state index in [-0.39, 0.29) is 0 Å². The molecule has 0 aliphatic heterocycles. The smallest absolute Gasteiger partial charge is 0.313 e. The average molecular weight is 363 g/mol. The van der Waals surface area contributed by atoms with Crippen molar-refractivity contribution in [3.8, 4) is 11.5 Å². The molecule has 0 aromatic heterocycles. The van der Waals surface area contributed by atoms with Crippen molar-refractivity contribution in [3.63, 3.8) is 0 Å². The van der Waals surface area contributed by atoms with Crippen LogP contribution in [0.3, 0.4) is 0 Å². The zero-order valence-corrected chi connectivity index (χ0v) is 14.7. The number of methoxy groups -OCH3 is 2. The van der Waals surface area contributed by atoms with E-state index in [9.17, 15) is 9.59 Å². The molecule has 0 saturated heterocycles. The quantitative estimate of drug-likeness (QED) is 0.774. The summed E-state index contributed by atoms with van der Waals surface area (Å²) in [4.78, 5) is 23.8. The summed E-state index contributed by atoms with van der Waals surface area (Å²) in [6, 6.07) is 12.2. The van der Waals surface area contributed by atoms with Gasteiger partial charge in [-0.2, -0.15) is 0 Å². The first-order valence-electron chi connectivity index (χ1n) is 7.59. The maximum Gasteiger partial charge on any atom is 0.313 e. The van der Waals surface area contributed by atoms with Gasteiger partial charge in [0.2, 0.25) is 0 Å². The highest BCUT2D eigenvalue weighted by molar-refractivity contribution is 6.40. The highest BCUT2D eigenvalue weighted by Crippen LogP contribution is 2.27. The standard InChI is InChI=1S/C18H19ClN2O4/c1-24-15-6-4-3-5-12(15)9-10-20-17(22)18(23)21-13-7-8-16(25-2)14(19)11-13/h3-8,11H,9-10H2,1-2H3,(H,20,22)(H,21,23). The van der Waals surface area contributed by atoms with Gasteiger partial charge in [-0.1, -0.05) is 29.8 Å². The van der Waals surface area contributed by atoms with Crippen LogP contribution in [0.1, 0.15) is 5.56 Å². The van der Waals surface area contributed by atoms with Gasteiger partial charge in [0.15, 0.2) is 0 Å². The normalized spacial score (nSPS) is 10.0. The van der Waals surface area contributed by atoms with Crippen LogP contribution in [0, 0.1) is 0 Å². The summed E-state index contributed by atoms with van der Waals surface area (Å²) >= 11 is 5.98. The zero-order chi connectivity index (χ0) is 18.2. The first-order chi connectivity index (χ1) is 12.0. The van der Waals surface area contributed by atoms with Crippen molar-refractivity contribution in [1.29, 1.82) is 0 Å². The zero-order valence-electron chi connectivity index (χ0n) is 14.0. The van der Waals surface area contributed by atoms with E-state index in [1.54, 1.807) is 19.2 Å². The second-order valence-corrected chi connectivity index (χ2v) is 5.53. The Kier molecular flexibility index (Phi) is 6.65. The molecule has 25 heavy (non-hydrogen) atoms. The number of nitrogens with one attached hydrogen (secondary N) is 2. The van der Waals surface area contributed by atoms with Gasteiger partial charge < -0.3 is 20.1 Å². The van der Waals surface area contributed by atoms with Crippen molar-refractivity contribution in [2.45, 2.75) is 6.42 Å². The minimum atomic E-state index is -0.763. The Labute approximate surface area is 151 Å². The maximum absolute atomic E-state index is 11.9. The van der Waals surface area contributed by atoms with Crippen LogP contribution in [0.2, 0.25) is 5.02 Å². The van der Waals surface area contributed by atoms with Crippen LogP contribution in [-0.4, -0.2) is 32.6 Å². The molecule has 0 spiro atoms. The van der Waals surface area contributed by atoms with Crippen molar-refractivity contribution in [2.75, 3.05) is 26.1 Å². The Morgan fingerprint density at radius 1 is 1.00 bits per heavy atom. The minimum Gasteiger partial charge on any atom is -0.496 e. The van der Waals surface area contributed by atoms with Crippen molar-refractivity contribution in [1.82, 2.24) is 5.32 Å². The fourth-order valence-electron chi connectivity index (χ4n) is 2.23. The van der Waals surface area contributed by atoms with Crippen LogP contribution in [0.5, 0.6) is 11.5 Å². The summed E-state index contributed by atoms with van der Waals surface area (Å²) in [5.74, 6) is -0.252. The Bertz CT molecular complexity index is 764. The SMILES string of the molecule is COc1ccc(NC(=O)C(=O)NCCc2ccccc2OC)cc1Cl. The largest absolute Gasteiger partial charge is 0.496 e. The third-order valence-electron chi connectivity index (χ3n) is 3.49. The van der Waals surface area contributed by atoms with Crippen LogP contribution in [0.15, 0.2) is 42.5 Å². The van der Waals surface area contributed by atoms with E-state index >= 15 is 0 Å². The first-order valence-corrected chi connectivity index (χ1v) is 7.97. The lowest BCUT2D eigenvalue weighted by atomic mass is 10.1. The van der Waals surface area contributed by atoms with E-state index in [0.29, 0.717) is 29.4 Å². The number of halogens is 1. The molecule has 0 atom stereocenters. The second-order valence-electron chi connectivity index (χ2n) is 5.12. The lowest BCUT2D eigenvalue weighted by Crippen LogP contribution is -2.36. The summed E-state index contributed by atoms with van der Waals surface area (Å²) in [6.07, 6.45) is 0.553. The molecule has 0 bridgehead atoms. The van der Waals surface area contributed by atoms with Crippen molar-refractivity contribution in [3.05, 3.63) is 53.1 Å². The molecule has 0 heterocycles. The summed E-state index contributed by atoms with van der Waals surface area (Å²) in [5.41, 5.74) is 1.36. The third-order valence-corrected chi connectivity index (χ3v) is 3.78. The Morgan fingerprint density at radius 3 is 2.40 bits per heavy atom. The number of hydrogen-bond acceptors (Lipinski definition) is 4. The first kappa shape index (κ1) is 18.6. The highest BCUT2D eigenvalue weighted by atomic mass is 35.5. The van der Waals surface area contributed by atoms with E-state index in [4.69, 9.17) is 21.1 Å². The molecule has 6 nitrogen and oxygen atoms in total. The van der Waals surface area contributed by atoms with Gasteiger partial charge in [0.25, 0.3) is 0 Å². The molecule has 2 N–H and O–H groups in total. The van der Waals surface area contributed by atoms with Gasteiger partial charge in [-0.25, -0.2) is 0 Å². The number of para-hydroxylation sites is 1. The average Bonchev–Trinajstić information content (AvgIpc) is 2.62. The number of carbonyl (C=O) groups excluding carboxylic acids is 2. The lowest BCUT2D eigenvalue weighted by Gasteiger charge is -2.10. The number of ether oxygens (including phenoxy) is 2. The van der Waals surface area contributed by atoms with Crippen LogP contribution < -0.4 is 20.1 Å². The van der Waals surface area contributed by atoms with E-state index in [2.05, 4.69) is 10.6 Å². The minimum absolute atomic E-state index is 0.315. The molecule has 2 aromatic carbocycles. The van der Waals surface area contributed by atoms with Gasteiger partial charge in [0, 0.05) is 12.2 Å². The van der Waals surface area contributed by atoms with E-state index in [0.717, 1.165) is 11.3 Å². The third kappa shape index (κ3) is 5.12. The predicted molar refractivity (Wildman–Crippen MR) is 96.3 cm³/mol. The fraction of sp³-hybridized carbons (Fsp3) is 0.222. The Morgan fingerprint density at radius 2 is 1.72 bits per heavy atom. The van der Waals surface area contributed by atoms with Crippen LogP contribution in [0.4, 0.5) is 5.69 Å². The number of benzene rings is 2. The van der Waals surface area contributed by atoms with E-state index in [1.807, 2.05) is 24.3 Å². The number of amides is 2. The molecule has 132 valence electrons. The summed E-state index contributed by atoms with van der Waals surface area (Å²) in [5, 5.41) is 5.41. The topological polar surface area (TPSA) is 76.7 Å². The lowest BCUT2D eigenvalue weighted by molar-refractivity contribution is -0.136. The van der Waals surface area contributed by atoms with Crippen LogP contribution in [-0.2, 0) is 16.0 Å². The van der Waals surface area contributed by atoms with Crippen LogP contribution >= 0.6 is 11.6 Å². The maximum atomic E-state index is 11.9. The molecule has 0 radical (unpaired) electrons. The summed E-state index contributed by atoms with van der Waals surface area (Å²) < 4.78 is 10.3. The van der Waals surface area contributed by atoms with Crippen molar-refractivity contribution in [2.24, 2.45) is 0 Å².